The van der Waals surface area contributed by atoms with E-state index in [1.54, 1.807) is 19.1 Å². The summed E-state index contributed by atoms with van der Waals surface area (Å²) in [4.78, 5) is 2.25. The quantitative estimate of drug-likeness (QED) is 0.840. The number of nitrogens with zero attached hydrogens (tertiary/aromatic N) is 1. The Kier molecular flexibility index (Phi) is 5.97. The molecule has 0 amide bonds. The minimum atomic E-state index is -2.87. The Hall–Kier alpha value is -1.40. The van der Waals surface area contributed by atoms with Gasteiger partial charge < -0.3 is 14.6 Å². The van der Waals surface area contributed by atoms with Crippen LogP contribution in [0.1, 0.15) is 25.8 Å². The van der Waals surface area contributed by atoms with Crippen LogP contribution in [-0.4, -0.2) is 42.4 Å². The first-order valence-corrected chi connectivity index (χ1v) is 7.60. The van der Waals surface area contributed by atoms with Crippen molar-refractivity contribution in [2.45, 2.75) is 39.5 Å². The predicted molar refractivity (Wildman–Crippen MR) is 79.3 cm³/mol. The lowest BCUT2D eigenvalue weighted by molar-refractivity contribution is -0.0514. The Morgan fingerprint density at radius 3 is 2.73 bits per heavy atom. The highest BCUT2D eigenvalue weighted by Gasteiger charge is 2.26. The highest BCUT2D eigenvalue weighted by molar-refractivity contribution is 5.43. The first kappa shape index (κ1) is 17.0. The van der Waals surface area contributed by atoms with Crippen molar-refractivity contribution in [1.82, 2.24) is 4.90 Å². The second-order valence-corrected chi connectivity index (χ2v) is 5.62. The van der Waals surface area contributed by atoms with Crippen molar-refractivity contribution in [3.63, 3.8) is 0 Å². The minimum absolute atomic E-state index is 0.0591. The number of benzene rings is 1. The molecule has 0 bridgehead atoms. The molecule has 22 heavy (non-hydrogen) atoms. The Morgan fingerprint density at radius 1 is 1.36 bits per heavy atom. The zero-order chi connectivity index (χ0) is 16.1. The molecule has 0 radical (unpaired) electrons. The Morgan fingerprint density at radius 2 is 2.14 bits per heavy atom. The molecule has 0 aliphatic carbocycles. The summed E-state index contributed by atoms with van der Waals surface area (Å²) in [5.74, 6) is 0.697. The van der Waals surface area contributed by atoms with Gasteiger partial charge in [-0.15, -0.1) is 0 Å². The summed E-state index contributed by atoms with van der Waals surface area (Å²) in [6.45, 7) is 3.61. The van der Waals surface area contributed by atoms with Crippen molar-refractivity contribution in [2.24, 2.45) is 5.92 Å². The van der Waals surface area contributed by atoms with Gasteiger partial charge in [0, 0.05) is 13.1 Å². The lowest BCUT2D eigenvalue weighted by Crippen LogP contribution is -2.24. The highest BCUT2D eigenvalue weighted by Crippen LogP contribution is 2.31. The molecule has 4 nitrogen and oxygen atoms in total. The van der Waals surface area contributed by atoms with E-state index in [0.29, 0.717) is 24.8 Å². The Labute approximate surface area is 129 Å². The summed E-state index contributed by atoms with van der Waals surface area (Å²) in [7, 11) is 0. The van der Waals surface area contributed by atoms with E-state index in [1.807, 2.05) is 6.92 Å². The van der Waals surface area contributed by atoms with E-state index in [0.717, 1.165) is 25.1 Å². The van der Waals surface area contributed by atoms with Crippen LogP contribution in [-0.2, 0) is 6.54 Å². The summed E-state index contributed by atoms with van der Waals surface area (Å²) in [5.41, 5.74) is 0.983. The van der Waals surface area contributed by atoms with Crippen LogP contribution in [0.15, 0.2) is 18.2 Å². The third kappa shape index (κ3) is 4.55. The molecular weight excluding hydrogens is 292 g/mol. The fourth-order valence-electron chi connectivity index (χ4n) is 2.77. The van der Waals surface area contributed by atoms with E-state index < -0.39 is 6.61 Å². The SMILES string of the molecule is CCOc1cc(CN2CCC(C(C)O)C2)ccc1OC(F)F. The maximum Gasteiger partial charge on any atom is 0.387 e. The second kappa shape index (κ2) is 7.74. The van der Waals surface area contributed by atoms with Crippen molar-refractivity contribution in [3.8, 4) is 11.5 Å². The summed E-state index contributed by atoms with van der Waals surface area (Å²) in [5, 5.41) is 9.64. The molecule has 1 saturated heterocycles. The van der Waals surface area contributed by atoms with Crippen LogP contribution >= 0.6 is 0 Å². The molecule has 124 valence electrons. The number of alkyl halides is 2. The van der Waals surface area contributed by atoms with Crippen molar-refractivity contribution in [2.75, 3.05) is 19.7 Å². The number of aliphatic hydroxyl groups excluding tert-OH is 1. The van der Waals surface area contributed by atoms with Gasteiger partial charge in [-0.25, -0.2) is 0 Å². The maximum atomic E-state index is 12.4. The molecule has 1 aromatic carbocycles. The molecule has 0 aromatic heterocycles. The molecule has 2 atom stereocenters. The van der Waals surface area contributed by atoms with Crippen molar-refractivity contribution < 1.29 is 23.4 Å². The fraction of sp³-hybridized carbons (Fsp3) is 0.625. The third-order valence-electron chi connectivity index (χ3n) is 3.92. The molecule has 0 saturated carbocycles. The molecular formula is C16H23F2NO3. The van der Waals surface area contributed by atoms with Gasteiger partial charge in [-0.2, -0.15) is 8.78 Å². The number of halogens is 2. The molecule has 2 rings (SSSR count). The Balaban J connectivity index is 2.04. The van der Waals surface area contributed by atoms with Gasteiger partial charge >= 0.3 is 6.61 Å². The van der Waals surface area contributed by atoms with Crippen molar-refractivity contribution >= 4 is 0 Å². The van der Waals surface area contributed by atoms with E-state index in [-0.39, 0.29) is 11.9 Å². The number of hydrogen-bond donors (Lipinski definition) is 1. The standard InChI is InChI=1S/C16H23F2NO3/c1-3-21-15-8-12(4-5-14(15)22-16(17)18)9-19-7-6-13(10-19)11(2)20/h4-5,8,11,13,16,20H,3,6-7,9-10H2,1-2H3. The number of rotatable bonds is 7. The maximum absolute atomic E-state index is 12.4. The molecule has 1 aromatic rings. The predicted octanol–water partition coefficient (Wildman–Crippen LogP) is 2.89. The van der Waals surface area contributed by atoms with Gasteiger partial charge in [0.1, 0.15) is 0 Å². The smallest absolute Gasteiger partial charge is 0.387 e. The van der Waals surface area contributed by atoms with Crippen LogP contribution in [0.4, 0.5) is 8.78 Å². The molecule has 1 aliphatic rings. The lowest BCUT2D eigenvalue weighted by atomic mass is 10.0. The van der Waals surface area contributed by atoms with Crippen LogP contribution in [0.2, 0.25) is 0 Å². The van der Waals surface area contributed by atoms with Crippen LogP contribution in [0.5, 0.6) is 11.5 Å². The lowest BCUT2D eigenvalue weighted by Gasteiger charge is -2.18. The van der Waals surface area contributed by atoms with Crippen LogP contribution in [0.3, 0.4) is 0 Å². The summed E-state index contributed by atoms with van der Waals surface area (Å²) in [6.07, 6.45) is 0.675. The number of likely N-dealkylation sites (tertiary alicyclic amines) is 1. The Bertz CT molecular complexity index is 482. The zero-order valence-electron chi connectivity index (χ0n) is 13.0. The van der Waals surface area contributed by atoms with Crippen molar-refractivity contribution in [1.29, 1.82) is 0 Å². The van der Waals surface area contributed by atoms with E-state index in [1.165, 1.54) is 6.07 Å². The average molecular weight is 315 g/mol. The van der Waals surface area contributed by atoms with Gasteiger partial charge in [-0.3, -0.25) is 4.90 Å². The first-order valence-electron chi connectivity index (χ1n) is 7.60. The van der Waals surface area contributed by atoms with E-state index >= 15 is 0 Å². The van der Waals surface area contributed by atoms with Gasteiger partial charge in [0.05, 0.1) is 12.7 Å². The molecule has 1 N–H and O–H groups in total. The third-order valence-corrected chi connectivity index (χ3v) is 3.92. The summed E-state index contributed by atoms with van der Waals surface area (Å²) < 4.78 is 34.6. The fourth-order valence-corrected chi connectivity index (χ4v) is 2.77. The molecule has 6 heteroatoms. The van der Waals surface area contributed by atoms with Crippen LogP contribution < -0.4 is 9.47 Å². The van der Waals surface area contributed by atoms with Crippen LogP contribution in [0, 0.1) is 5.92 Å². The van der Waals surface area contributed by atoms with Crippen molar-refractivity contribution in [3.05, 3.63) is 23.8 Å². The normalized spacial score (nSPS) is 20.4. The number of ether oxygens (including phenoxy) is 2. The van der Waals surface area contributed by atoms with Gasteiger partial charge in [0.25, 0.3) is 0 Å². The topological polar surface area (TPSA) is 41.9 Å². The first-order chi connectivity index (χ1) is 10.5. The van der Waals surface area contributed by atoms with E-state index in [4.69, 9.17) is 4.74 Å². The summed E-state index contributed by atoms with van der Waals surface area (Å²) >= 11 is 0. The molecule has 2 unspecified atom stereocenters. The van der Waals surface area contributed by atoms with Gasteiger partial charge in [-0.05, 0) is 50.4 Å². The molecule has 1 heterocycles. The second-order valence-electron chi connectivity index (χ2n) is 5.62. The van der Waals surface area contributed by atoms with E-state index in [9.17, 15) is 13.9 Å². The highest BCUT2D eigenvalue weighted by atomic mass is 19.3. The van der Waals surface area contributed by atoms with Gasteiger partial charge in [-0.1, -0.05) is 6.07 Å². The average Bonchev–Trinajstić information content (AvgIpc) is 2.90. The minimum Gasteiger partial charge on any atom is -0.490 e. The number of hydrogen-bond acceptors (Lipinski definition) is 4. The largest absolute Gasteiger partial charge is 0.490 e. The monoisotopic (exact) mass is 315 g/mol. The van der Waals surface area contributed by atoms with Crippen LogP contribution in [0.25, 0.3) is 0 Å². The summed E-state index contributed by atoms with van der Waals surface area (Å²) in [6, 6.07) is 5.04. The molecule has 0 spiro atoms. The van der Waals surface area contributed by atoms with E-state index in [2.05, 4.69) is 9.64 Å². The number of aliphatic hydroxyl groups is 1. The van der Waals surface area contributed by atoms with Gasteiger partial charge in [0.15, 0.2) is 11.5 Å². The zero-order valence-corrected chi connectivity index (χ0v) is 13.0. The molecule has 1 aliphatic heterocycles. The molecule has 1 fully saturated rings. The van der Waals surface area contributed by atoms with Gasteiger partial charge in [0.2, 0.25) is 0 Å².